The molecule has 0 radical (unpaired) electrons. The molecule has 0 saturated carbocycles. The SMILES string of the molecule is CCCCC/C=C\C/C=C\C/C=C\CCCCCCCCC(=O)OC(COC(=O)CCCCCCCCCCCCCCCCCCCC)COC(OCC[N+](C)(C)C)C(=O)[O-]. The lowest BCUT2D eigenvalue weighted by molar-refractivity contribution is -0.870. The fraction of sp³-hybridized carbons (Fsp3) is 0.830. The van der Waals surface area contributed by atoms with Crippen LogP contribution in [0, 0.1) is 0 Å². The molecule has 0 aliphatic carbocycles. The third-order valence-corrected chi connectivity index (χ3v) is 11.1. The van der Waals surface area contributed by atoms with Gasteiger partial charge in [-0.1, -0.05) is 198 Å². The number of likely N-dealkylation sites (N-methyl/N-ethyl adjacent to an activating group) is 1. The molecular formula is C53H97NO8. The van der Waals surface area contributed by atoms with E-state index in [2.05, 4.69) is 50.3 Å². The van der Waals surface area contributed by atoms with E-state index < -0.39 is 24.3 Å². The largest absolute Gasteiger partial charge is 0.545 e. The number of ether oxygens (including phenoxy) is 4. The van der Waals surface area contributed by atoms with Crippen molar-refractivity contribution in [2.75, 3.05) is 47.5 Å². The number of nitrogens with zero attached hydrogens (tertiary/aromatic N) is 1. The highest BCUT2D eigenvalue weighted by Crippen LogP contribution is 2.16. The van der Waals surface area contributed by atoms with Gasteiger partial charge < -0.3 is 33.3 Å². The standard InChI is InChI=1S/C53H97NO8/c1-6-8-10-12-14-16-18-20-22-24-26-28-30-32-34-36-38-40-42-44-51(56)62-49(48-61-53(52(57)58)59-46-45-54(3,4)5)47-60-50(55)43-41-39-37-35-33-31-29-27-25-23-21-19-17-15-13-11-9-7-2/h14,16,20,22,26,28,49,53H,6-13,15,17-19,21,23-25,27,29-48H2,1-5H3/b16-14-,22-20-,28-26-. The topological polar surface area (TPSA) is 111 Å². The minimum Gasteiger partial charge on any atom is -0.545 e. The van der Waals surface area contributed by atoms with E-state index in [1.165, 1.54) is 122 Å². The van der Waals surface area contributed by atoms with Gasteiger partial charge in [-0.2, -0.15) is 0 Å². The molecule has 62 heavy (non-hydrogen) atoms. The quantitative estimate of drug-likeness (QED) is 0.0195. The molecule has 0 aromatic rings. The van der Waals surface area contributed by atoms with Gasteiger partial charge in [-0.15, -0.1) is 0 Å². The first-order chi connectivity index (χ1) is 30.1. The van der Waals surface area contributed by atoms with E-state index in [9.17, 15) is 19.5 Å². The molecule has 0 aliphatic heterocycles. The number of esters is 2. The van der Waals surface area contributed by atoms with Crippen LogP contribution in [0.5, 0.6) is 0 Å². The van der Waals surface area contributed by atoms with Crippen LogP contribution in [0.4, 0.5) is 0 Å². The molecule has 0 rings (SSSR count). The molecule has 0 heterocycles. The number of rotatable bonds is 47. The van der Waals surface area contributed by atoms with Crippen LogP contribution in [-0.2, 0) is 33.3 Å². The van der Waals surface area contributed by atoms with Crippen LogP contribution in [0.3, 0.4) is 0 Å². The van der Waals surface area contributed by atoms with Crippen LogP contribution in [0.2, 0.25) is 0 Å². The number of carboxylic acid groups (broad SMARTS) is 1. The van der Waals surface area contributed by atoms with Crippen LogP contribution in [-0.4, -0.2) is 82.3 Å². The summed E-state index contributed by atoms with van der Waals surface area (Å²) in [5, 5.41) is 11.7. The number of allylic oxidation sites excluding steroid dienone is 6. The molecule has 0 aromatic carbocycles. The maximum absolute atomic E-state index is 12.8. The van der Waals surface area contributed by atoms with Gasteiger partial charge in [0, 0.05) is 12.8 Å². The monoisotopic (exact) mass is 876 g/mol. The Kier molecular flexibility index (Phi) is 43.3. The minimum atomic E-state index is -1.62. The lowest BCUT2D eigenvalue weighted by Crippen LogP contribution is -2.44. The third kappa shape index (κ3) is 45.5. The van der Waals surface area contributed by atoms with Gasteiger partial charge in [0.2, 0.25) is 0 Å². The number of carbonyl (C=O) groups excluding carboxylic acids is 3. The number of carbonyl (C=O) groups is 3. The van der Waals surface area contributed by atoms with Crippen molar-refractivity contribution in [3.63, 3.8) is 0 Å². The van der Waals surface area contributed by atoms with Crippen LogP contribution in [0.1, 0.15) is 226 Å². The van der Waals surface area contributed by atoms with E-state index in [-0.39, 0.29) is 32.2 Å². The summed E-state index contributed by atoms with van der Waals surface area (Å²) in [5.74, 6) is -2.29. The summed E-state index contributed by atoms with van der Waals surface area (Å²) < 4.78 is 22.6. The molecule has 362 valence electrons. The van der Waals surface area contributed by atoms with Gasteiger partial charge in [0.1, 0.15) is 13.2 Å². The van der Waals surface area contributed by atoms with E-state index >= 15 is 0 Å². The van der Waals surface area contributed by atoms with Crippen molar-refractivity contribution in [2.24, 2.45) is 0 Å². The predicted molar refractivity (Wildman–Crippen MR) is 256 cm³/mol. The van der Waals surface area contributed by atoms with E-state index in [0.717, 1.165) is 70.6 Å². The molecule has 2 atom stereocenters. The second kappa shape index (κ2) is 45.1. The Morgan fingerprint density at radius 1 is 0.484 bits per heavy atom. The van der Waals surface area contributed by atoms with Gasteiger partial charge in [0.25, 0.3) is 0 Å². The Bertz CT molecular complexity index is 1110. The van der Waals surface area contributed by atoms with Gasteiger partial charge in [-0.25, -0.2) is 0 Å². The van der Waals surface area contributed by atoms with Crippen LogP contribution >= 0.6 is 0 Å². The van der Waals surface area contributed by atoms with Crippen molar-refractivity contribution in [3.05, 3.63) is 36.5 Å². The molecule has 0 N–H and O–H groups in total. The summed E-state index contributed by atoms with van der Waals surface area (Å²) >= 11 is 0. The minimum absolute atomic E-state index is 0.146. The van der Waals surface area contributed by atoms with E-state index in [4.69, 9.17) is 18.9 Å². The predicted octanol–water partition coefficient (Wildman–Crippen LogP) is 12.8. The first-order valence-corrected chi connectivity index (χ1v) is 25.6. The molecular weight excluding hydrogens is 779 g/mol. The fourth-order valence-corrected chi connectivity index (χ4v) is 7.13. The first kappa shape index (κ1) is 59.5. The van der Waals surface area contributed by atoms with E-state index in [0.29, 0.717) is 23.9 Å². The Morgan fingerprint density at radius 3 is 1.32 bits per heavy atom. The lowest BCUT2D eigenvalue weighted by Gasteiger charge is -2.26. The summed E-state index contributed by atoms with van der Waals surface area (Å²) in [6, 6.07) is 0. The molecule has 9 heteroatoms. The summed E-state index contributed by atoms with van der Waals surface area (Å²) in [5.41, 5.74) is 0. The van der Waals surface area contributed by atoms with E-state index in [1.54, 1.807) is 0 Å². The molecule has 0 amide bonds. The molecule has 0 spiro atoms. The third-order valence-electron chi connectivity index (χ3n) is 11.1. The molecule has 9 nitrogen and oxygen atoms in total. The summed E-state index contributed by atoms with van der Waals surface area (Å²) in [7, 11) is 5.91. The Labute approximate surface area is 381 Å². The zero-order valence-corrected chi connectivity index (χ0v) is 41.0. The Balaban J connectivity index is 4.36. The van der Waals surface area contributed by atoms with Crippen molar-refractivity contribution in [1.29, 1.82) is 0 Å². The van der Waals surface area contributed by atoms with Crippen LogP contribution in [0.25, 0.3) is 0 Å². The molecule has 0 aromatic heterocycles. The smallest absolute Gasteiger partial charge is 0.306 e. The maximum atomic E-state index is 12.8. The average molecular weight is 876 g/mol. The summed E-state index contributed by atoms with van der Waals surface area (Å²) in [6.45, 7) is 4.72. The second-order valence-corrected chi connectivity index (χ2v) is 18.5. The molecule has 2 unspecified atom stereocenters. The van der Waals surface area contributed by atoms with Crippen molar-refractivity contribution < 1.29 is 42.9 Å². The van der Waals surface area contributed by atoms with E-state index in [1.807, 2.05) is 21.1 Å². The Hall–Kier alpha value is -2.49. The van der Waals surface area contributed by atoms with Gasteiger partial charge in [-0.3, -0.25) is 9.59 Å². The highest BCUT2D eigenvalue weighted by molar-refractivity contribution is 5.70. The normalized spacial score (nSPS) is 13.1. The van der Waals surface area contributed by atoms with Gasteiger partial charge in [-0.05, 0) is 51.4 Å². The number of aliphatic carboxylic acids is 1. The van der Waals surface area contributed by atoms with Crippen LogP contribution < -0.4 is 5.11 Å². The molecule has 0 bridgehead atoms. The fourth-order valence-electron chi connectivity index (χ4n) is 7.13. The van der Waals surface area contributed by atoms with Crippen molar-refractivity contribution >= 4 is 17.9 Å². The summed E-state index contributed by atoms with van der Waals surface area (Å²) in [6.07, 6.45) is 48.8. The van der Waals surface area contributed by atoms with Crippen LogP contribution in [0.15, 0.2) is 36.5 Å². The van der Waals surface area contributed by atoms with Gasteiger partial charge in [0.15, 0.2) is 12.4 Å². The van der Waals surface area contributed by atoms with Gasteiger partial charge in [0.05, 0.1) is 40.3 Å². The average Bonchev–Trinajstić information content (AvgIpc) is 3.23. The zero-order chi connectivity index (χ0) is 45.6. The highest BCUT2D eigenvalue weighted by Gasteiger charge is 2.22. The molecule has 0 fully saturated rings. The highest BCUT2D eigenvalue weighted by atomic mass is 16.7. The number of carboxylic acids is 1. The zero-order valence-electron chi connectivity index (χ0n) is 41.0. The lowest BCUT2D eigenvalue weighted by atomic mass is 10.0. The number of unbranched alkanes of at least 4 members (excludes halogenated alkanes) is 26. The van der Waals surface area contributed by atoms with Crippen molar-refractivity contribution in [1.82, 2.24) is 0 Å². The number of hydrogen-bond acceptors (Lipinski definition) is 8. The first-order valence-electron chi connectivity index (χ1n) is 25.6. The number of hydrogen-bond donors (Lipinski definition) is 0. The number of quaternary nitrogens is 1. The summed E-state index contributed by atoms with van der Waals surface area (Å²) in [4.78, 5) is 37.1. The molecule has 0 saturated heterocycles. The van der Waals surface area contributed by atoms with Gasteiger partial charge >= 0.3 is 11.9 Å². The van der Waals surface area contributed by atoms with Crippen molar-refractivity contribution in [2.45, 2.75) is 238 Å². The Morgan fingerprint density at radius 2 is 0.871 bits per heavy atom. The van der Waals surface area contributed by atoms with Crippen molar-refractivity contribution in [3.8, 4) is 0 Å². The molecule has 0 aliphatic rings. The maximum Gasteiger partial charge on any atom is 0.306 e. The second-order valence-electron chi connectivity index (χ2n) is 18.5.